The summed E-state index contributed by atoms with van der Waals surface area (Å²) in [7, 11) is 0. The van der Waals surface area contributed by atoms with Crippen molar-refractivity contribution in [2.45, 2.75) is 26.5 Å². The number of amides is 2. The first-order chi connectivity index (χ1) is 11.1. The molecule has 2 amide bonds. The zero-order chi connectivity index (χ0) is 16.7. The lowest BCUT2D eigenvalue weighted by Gasteiger charge is -2.13. The van der Waals surface area contributed by atoms with E-state index in [0.29, 0.717) is 24.5 Å². The quantitative estimate of drug-likeness (QED) is 0.812. The van der Waals surface area contributed by atoms with E-state index in [4.69, 9.17) is 4.74 Å². The molecule has 0 saturated carbocycles. The number of thiazole rings is 1. The molecule has 0 saturated heterocycles. The van der Waals surface area contributed by atoms with Crippen LogP contribution in [-0.4, -0.2) is 29.4 Å². The summed E-state index contributed by atoms with van der Waals surface area (Å²) in [6, 6.07) is 6.24. The molecule has 0 aliphatic carbocycles. The van der Waals surface area contributed by atoms with E-state index in [-0.39, 0.29) is 11.8 Å². The van der Waals surface area contributed by atoms with Gasteiger partial charge in [0.15, 0.2) is 0 Å². The minimum absolute atomic E-state index is 0.211. The molecule has 2 aromatic rings. The molecule has 2 N–H and O–H groups in total. The van der Waals surface area contributed by atoms with Crippen LogP contribution in [0.15, 0.2) is 35.2 Å². The van der Waals surface area contributed by atoms with Gasteiger partial charge in [0.05, 0.1) is 11.2 Å². The molecule has 1 atom stereocenters. The Bertz CT molecular complexity index is 658. The van der Waals surface area contributed by atoms with Crippen molar-refractivity contribution < 1.29 is 14.3 Å². The number of rotatable bonds is 7. The monoisotopic (exact) mass is 333 g/mol. The van der Waals surface area contributed by atoms with Crippen molar-refractivity contribution >= 4 is 23.2 Å². The summed E-state index contributed by atoms with van der Waals surface area (Å²) >= 11 is 1.50. The largest absolute Gasteiger partial charge is 0.487 e. The van der Waals surface area contributed by atoms with Crippen LogP contribution in [0.4, 0.5) is 0 Å². The van der Waals surface area contributed by atoms with Crippen LogP contribution in [0.5, 0.6) is 5.75 Å². The number of aromatic nitrogens is 1. The molecule has 0 aliphatic heterocycles. The Kier molecular flexibility index (Phi) is 6.10. The van der Waals surface area contributed by atoms with E-state index >= 15 is 0 Å². The van der Waals surface area contributed by atoms with Crippen LogP contribution in [-0.2, 0) is 11.4 Å². The average Bonchev–Trinajstić information content (AvgIpc) is 3.07. The fourth-order valence-electron chi connectivity index (χ4n) is 1.87. The van der Waals surface area contributed by atoms with Gasteiger partial charge in [-0.15, -0.1) is 11.3 Å². The third kappa shape index (κ3) is 5.07. The zero-order valence-corrected chi connectivity index (χ0v) is 13.9. The molecule has 0 aliphatic rings. The first-order valence-electron chi connectivity index (χ1n) is 7.28. The standard InChI is InChI=1S/C16H19N3O3S/c1-3-17-15(20)11(2)19-16(21)12-5-4-6-14(7-12)22-8-13-9-23-10-18-13/h4-7,9-11H,3,8H2,1-2H3,(H,17,20)(H,19,21)/t11-/m0/s1. The van der Waals surface area contributed by atoms with E-state index in [1.54, 1.807) is 36.7 Å². The Morgan fingerprint density at radius 2 is 2.22 bits per heavy atom. The molecule has 7 heteroatoms. The van der Waals surface area contributed by atoms with Crippen molar-refractivity contribution in [3.63, 3.8) is 0 Å². The van der Waals surface area contributed by atoms with E-state index in [0.717, 1.165) is 5.69 Å². The second-order valence-electron chi connectivity index (χ2n) is 4.89. The fraction of sp³-hybridized carbons (Fsp3) is 0.312. The molecule has 6 nitrogen and oxygen atoms in total. The number of likely N-dealkylation sites (N-methyl/N-ethyl adjacent to an activating group) is 1. The Labute approximate surface area is 138 Å². The summed E-state index contributed by atoms with van der Waals surface area (Å²) in [6.07, 6.45) is 0. The first-order valence-corrected chi connectivity index (χ1v) is 8.23. The molecule has 0 radical (unpaired) electrons. The summed E-state index contributed by atoms with van der Waals surface area (Å²) < 4.78 is 5.62. The Balaban J connectivity index is 1.95. The second-order valence-corrected chi connectivity index (χ2v) is 5.60. The molecular weight excluding hydrogens is 314 g/mol. The van der Waals surface area contributed by atoms with Crippen molar-refractivity contribution in [3.05, 3.63) is 46.4 Å². The van der Waals surface area contributed by atoms with Gasteiger partial charge in [0.25, 0.3) is 5.91 Å². The van der Waals surface area contributed by atoms with Crippen LogP contribution < -0.4 is 15.4 Å². The highest BCUT2D eigenvalue weighted by molar-refractivity contribution is 7.07. The van der Waals surface area contributed by atoms with Crippen molar-refractivity contribution in [3.8, 4) is 5.75 Å². The smallest absolute Gasteiger partial charge is 0.252 e. The number of carbonyl (C=O) groups excluding carboxylic acids is 2. The predicted octanol–water partition coefficient (Wildman–Crippen LogP) is 1.98. The van der Waals surface area contributed by atoms with Gasteiger partial charge in [-0.05, 0) is 32.0 Å². The average molecular weight is 333 g/mol. The van der Waals surface area contributed by atoms with Crippen LogP contribution >= 0.6 is 11.3 Å². The van der Waals surface area contributed by atoms with E-state index in [1.807, 2.05) is 12.3 Å². The van der Waals surface area contributed by atoms with Gasteiger partial charge >= 0.3 is 0 Å². The lowest BCUT2D eigenvalue weighted by atomic mass is 10.2. The highest BCUT2D eigenvalue weighted by Gasteiger charge is 2.16. The lowest BCUT2D eigenvalue weighted by molar-refractivity contribution is -0.122. The van der Waals surface area contributed by atoms with Gasteiger partial charge in [0.1, 0.15) is 18.4 Å². The molecule has 1 aromatic heterocycles. The van der Waals surface area contributed by atoms with Crippen LogP contribution in [0, 0.1) is 0 Å². The van der Waals surface area contributed by atoms with Gasteiger partial charge in [0.2, 0.25) is 5.91 Å². The van der Waals surface area contributed by atoms with Gasteiger partial charge in [0, 0.05) is 17.5 Å². The van der Waals surface area contributed by atoms with Crippen molar-refractivity contribution in [2.24, 2.45) is 0 Å². The van der Waals surface area contributed by atoms with Gasteiger partial charge < -0.3 is 15.4 Å². The molecule has 1 heterocycles. The minimum atomic E-state index is -0.595. The van der Waals surface area contributed by atoms with Gasteiger partial charge in [-0.25, -0.2) is 4.98 Å². The predicted molar refractivity (Wildman–Crippen MR) is 88.5 cm³/mol. The van der Waals surface area contributed by atoms with Gasteiger partial charge in [-0.3, -0.25) is 9.59 Å². The summed E-state index contributed by atoms with van der Waals surface area (Å²) in [5, 5.41) is 7.23. The van der Waals surface area contributed by atoms with Crippen molar-refractivity contribution in [1.29, 1.82) is 0 Å². The highest BCUT2D eigenvalue weighted by Crippen LogP contribution is 2.15. The first kappa shape index (κ1) is 17.0. The highest BCUT2D eigenvalue weighted by atomic mass is 32.1. The lowest BCUT2D eigenvalue weighted by Crippen LogP contribution is -2.44. The molecule has 1 aromatic carbocycles. The minimum Gasteiger partial charge on any atom is -0.487 e. The molecule has 0 unspecified atom stereocenters. The van der Waals surface area contributed by atoms with E-state index in [2.05, 4.69) is 15.6 Å². The van der Waals surface area contributed by atoms with Crippen LogP contribution in [0.25, 0.3) is 0 Å². The molecular formula is C16H19N3O3S. The molecule has 0 fully saturated rings. The van der Waals surface area contributed by atoms with E-state index in [9.17, 15) is 9.59 Å². The van der Waals surface area contributed by atoms with Gasteiger partial charge in [-0.2, -0.15) is 0 Å². The molecule has 2 rings (SSSR count). The number of nitrogens with zero attached hydrogens (tertiary/aromatic N) is 1. The third-order valence-corrected chi connectivity index (χ3v) is 3.69. The maximum Gasteiger partial charge on any atom is 0.252 e. The van der Waals surface area contributed by atoms with Crippen molar-refractivity contribution in [1.82, 2.24) is 15.6 Å². The van der Waals surface area contributed by atoms with Crippen molar-refractivity contribution in [2.75, 3.05) is 6.54 Å². The Morgan fingerprint density at radius 1 is 1.39 bits per heavy atom. The number of hydrogen-bond donors (Lipinski definition) is 2. The van der Waals surface area contributed by atoms with Crippen LogP contribution in [0.2, 0.25) is 0 Å². The topological polar surface area (TPSA) is 80.3 Å². The van der Waals surface area contributed by atoms with E-state index < -0.39 is 6.04 Å². The Hall–Kier alpha value is -2.41. The van der Waals surface area contributed by atoms with Crippen LogP contribution in [0.3, 0.4) is 0 Å². The number of nitrogens with one attached hydrogen (secondary N) is 2. The Morgan fingerprint density at radius 3 is 2.91 bits per heavy atom. The number of carbonyl (C=O) groups is 2. The maximum absolute atomic E-state index is 12.2. The number of benzene rings is 1. The van der Waals surface area contributed by atoms with Gasteiger partial charge in [-0.1, -0.05) is 6.07 Å². The second kappa shape index (κ2) is 8.28. The van der Waals surface area contributed by atoms with Crippen LogP contribution in [0.1, 0.15) is 29.9 Å². The summed E-state index contributed by atoms with van der Waals surface area (Å²) in [4.78, 5) is 28.0. The fourth-order valence-corrected chi connectivity index (χ4v) is 2.41. The molecule has 0 spiro atoms. The summed E-state index contributed by atoms with van der Waals surface area (Å²) in [5.74, 6) is 0.0518. The molecule has 122 valence electrons. The summed E-state index contributed by atoms with van der Waals surface area (Å²) in [5.41, 5.74) is 3.03. The number of ether oxygens (including phenoxy) is 1. The summed E-state index contributed by atoms with van der Waals surface area (Å²) in [6.45, 7) is 4.35. The number of hydrogen-bond acceptors (Lipinski definition) is 5. The zero-order valence-electron chi connectivity index (χ0n) is 13.0. The third-order valence-electron chi connectivity index (χ3n) is 3.06. The SMILES string of the molecule is CCNC(=O)[C@H](C)NC(=O)c1cccc(OCc2cscn2)c1. The molecule has 23 heavy (non-hydrogen) atoms. The van der Waals surface area contributed by atoms with E-state index in [1.165, 1.54) is 11.3 Å². The normalized spacial score (nSPS) is 11.6. The maximum atomic E-state index is 12.2. The molecule has 0 bridgehead atoms.